The van der Waals surface area contributed by atoms with E-state index in [1.807, 2.05) is 0 Å². The van der Waals surface area contributed by atoms with Crippen molar-refractivity contribution in [3.63, 3.8) is 0 Å². The highest BCUT2D eigenvalue weighted by Crippen LogP contribution is 2.32. The Bertz CT molecular complexity index is 390. The van der Waals surface area contributed by atoms with Crippen molar-refractivity contribution in [1.29, 1.82) is 0 Å². The number of rotatable bonds is 6. The predicted octanol–water partition coefficient (Wildman–Crippen LogP) is 3.37. The molecule has 1 unspecified atom stereocenters. The lowest BCUT2D eigenvalue weighted by Gasteiger charge is -2.15. The van der Waals surface area contributed by atoms with E-state index in [0.717, 1.165) is 6.54 Å². The zero-order valence-electron chi connectivity index (χ0n) is 11.4. The molecule has 0 saturated heterocycles. The normalized spacial score (nSPS) is 18.3. The van der Waals surface area contributed by atoms with Gasteiger partial charge >= 0.3 is 0 Å². The molecule has 0 bridgehead atoms. The van der Waals surface area contributed by atoms with Gasteiger partial charge in [-0.1, -0.05) is 22.0 Å². The van der Waals surface area contributed by atoms with Gasteiger partial charge in [-0.15, -0.1) is 0 Å². The quantitative estimate of drug-likeness (QED) is 0.810. The largest absolute Gasteiger partial charge is 0.310 e. The van der Waals surface area contributed by atoms with Crippen LogP contribution in [0.25, 0.3) is 0 Å². The minimum atomic E-state index is 0.576. The molecule has 0 saturated carbocycles. The topological polar surface area (TPSA) is 15.3 Å². The molecule has 0 amide bonds. The molecule has 1 aromatic rings. The molecule has 0 aromatic heterocycles. The van der Waals surface area contributed by atoms with Gasteiger partial charge in [-0.2, -0.15) is 0 Å². The van der Waals surface area contributed by atoms with Gasteiger partial charge in [-0.05, 0) is 76.1 Å². The highest BCUT2D eigenvalue weighted by molar-refractivity contribution is 9.10. The van der Waals surface area contributed by atoms with E-state index in [1.165, 1.54) is 47.8 Å². The van der Waals surface area contributed by atoms with Crippen LogP contribution >= 0.6 is 15.9 Å². The molecule has 0 aliphatic heterocycles. The van der Waals surface area contributed by atoms with Gasteiger partial charge in [0.2, 0.25) is 0 Å². The van der Waals surface area contributed by atoms with E-state index in [1.54, 1.807) is 0 Å². The van der Waals surface area contributed by atoms with Gasteiger partial charge in [0, 0.05) is 10.5 Å². The van der Waals surface area contributed by atoms with Gasteiger partial charge in [-0.3, -0.25) is 0 Å². The van der Waals surface area contributed by atoms with E-state index in [4.69, 9.17) is 0 Å². The van der Waals surface area contributed by atoms with Gasteiger partial charge in [0.1, 0.15) is 0 Å². The van der Waals surface area contributed by atoms with Crippen LogP contribution in [-0.4, -0.2) is 32.1 Å². The summed E-state index contributed by atoms with van der Waals surface area (Å²) in [6, 6.07) is 7.27. The lowest BCUT2D eigenvalue weighted by molar-refractivity contribution is 0.387. The van der Waals surface area contributed by atoms with Crippen molar-refractivity contribution < 1.29 is 0 Å². The molecule has 0 heterocycles. The number of aryl methyl sites for hydroxylation is 1. The molecule has 2 nitrogen and oxygen atoms in total. The van der Waals surface area contributed by atoms with E-state index < -0.39 is 0 Å². The number of nitrogens with zero attached hydrogens (tertiary/aromatic N) is 1. The molecule has 0 radical (unpaired) electrons. The Morgan fingerprint density at radius 1 is 1.33 bits per heavy atom. The molecule has 1 N–H and O–H groups in total. The van der Waals surface area contributed by atoms with Crippen molar-refractivity contribution in [2.45, 2.75) is 31.7 Å². The Morgan fingerprint density at radius 2 is 2.17 bits per heavy atom. The Morgan fingerprint density at radius 3 is 2.94 bits per heavy atom. The summed E-state index contributed by atoms with van der Waals surface area (Å²) in [5, 5.41) is 3.70. The van der Waals surface area contributed by atoms with Crippen LogP contribution < -0.4 is 5.32 Å². The first kappa shape index (κ1) is 14.0. The predicted molar refractivity (Wildman–Crippen MR) is 81.0 cm³/mol. The summed E-state index contributed by atoms with van der Waals surface area (Å²) in [5.41, 5.74) is 3.01. The van der Waals surface area contributed by atoms with Crippen molar-refractivity contribution in [2.24, 2.45) is 0 Å². The van der Waals surface area contributed by atoms with E-state index in [9.17, 15) is 0 Å². The highest BCUT2D eigenvalue weighted by Gasteiger charge is 2.21. The summed E-state index contributed by atoms with van der Waals surface area (Å²) < 4.78 is 1.20. The summed E-state index contributed by atoms with van der Waals surface area (Å²) in [6.07, 6.45) is 5.00. The average molecular weight is 311 g/mol. The lowest BCUT2D eigenvalue weighted by atomic mass is 10.1. The van der Waals surface area contributed by atoms with Gasteiger partial charge < -0.3 is 10.2 Å². The molecule has 1 atom stereocenters. The van der Waals surface area contributed by atoms with Crippen molar-refractivity contribution in [2.75, 3.05) is 27.2 Å². The zero-order valence-corrected chi connectivity index (χ0v) is 13.0. The molecular formula is C15H23BrN2. The summed E-state index contributed by atoms with van der Waals surface area (Å²) >= 11 is 3.55. The van der Waals surface area contributed by atoms with Crippen LogP contribution in [0, 0.1) is 0 Å². The standard InChI is InChI=1S/C15H23BrN2/c1-18(2)10-4-3-9-17-15-8-5-12-11-13(16)6-7-14(12)15/h6-7,11,15,17H,3-5,8-10H2,1-2H3. The van der Waals surface area contributed by atoms with Crippen molar-refractivity contribution in [3.05, 3.63) is 33.8 Å². The van der Waals surface area contributed by atoms with E-state index >= 15 is 0 Å². The molecule has 2 rings (SSSR count). The third kappa shape index (κ3) is 3.81. The number of fused-ring (bicyclic) bond motifs is 1. The fourth-order valence-corrected chi connectivity index (χ4v) is 3.04. The molecule has 1 aliphatic rings. The SMILES string of the molecule is CN(C)CCCCNC1CCc2cc(Br)ccc21. The first-order valence-corrected chi connectivity index (χ1v) is 7.62. The number of benzene rings is 1. The Balaban J connectivity index is 1.76. The summed E-state index contributed by atoms with van der Waals surface area (Å²) in [4.78, 5) is 2.25. The van der Waals surface area contributed by atoms with Crippen molar-refractivity contribution >= 4 is 15.9 Å². The number of nitrogens with one attached hydrogen (secondary N) is 1. The molecule has 18 heavy (non-hydrogen) atoms. The zero-order chi connectivity index (χ0) is 13.0. The molecule has 0 spiro atoms. The van der Waals surface area contributed by atoms with Crippen LogP contribution in [0.2, 0.25) is 0 Å². The van der Waals surface area contributed by atoms with E-state index in [0.29, 0.717) is 6.04 Å². The first-order valence-electron chi connectivity index (χ1n) is 6.83. The Hall–Kier alpha value is -0.380. The van der Waals surface area contributed by atoms with Crippen LogP contribution in [0.1, 0.15) is 36.4 Å². The highest BCUT2D eigenvalue weighted by atomic mass is 79.9. The van der Waals surface area contributed by atoms with Crippen molar-refractivity contribution in [1.82, 2.24) is 10.2 Å². The number of hydrogen-bond donors (Lipinski definition) is 1. The summed E-state index contributed by atoms with van der Waals surface area (Å²) in [5.74, 6) is 0. The van der Waals surface area contributed by atoms with Crippen LogP contribution in [0.15, 0.2) is 22.7 Å². The minimum absolute atomic E-state index is 0.576. The van der Waals surface area contributed by atoms with Gasteiger partial charge in [0.25, 0.3) is 0 Å². The second kappa shape index (κ2) is 6.69. The monoisotopic (exact) mass is 310 g/mol. The molecule has 0 fully saturated rings. The Kier molecular flexibility index (Phi) is 5.22. The van der Waals surface area contributed by atoms with Crippen LogP contribution in [-0.2, 0) is 6.42 Å². The van der Waals surface area contributed by atoms with Crippen molar-refractivity contribution in [3.8, 4) is 0 Å². The first-order chi connectivity index (χ1) is 8.66. The molecule has 1 aromatic carbocycles. The maximum absolute atomic E-state index is 3.70. The molecule has 100 valence electrons. The number of halogens is 1. The van der Waals surface area contributed by atoms with Gasteiger partial charge in [0.15, 0.2) is 0 Å². The molecular weight excluding hydrogens is 288 g/mol. The molecule has 3 heteroatoms. The maximum Gasteiger partial charge on any atom is 0.0326 e. The minimum Gasteiger partial charge on any atom is -0.310 e. The third-order valence-electron chi connectivity index (χ3n) is 3.61. The fourth-order valence-electron chi connectivity index (χ4n) is 2.63. The molecule has 1 aliphatic carbocycles. The van der Waals surface area contributed by atoms with Gasteiger partial charge in [0.05, 0.1) is 0 Å². The fraction of sp³-hybridized carbons (Fsp3) is 0.600. The van der Waals surface area contributed by atoms with E-state index in [-0.39, 0.29) is 0 Å². The second-order valence-electron chi connectivity index (χ2n) is 5.40. The van der Waals surface area contributed by atoms with Crippen LogP contribution in [0.4, 0.5) is 0 Å². The third-order valence-corrected chi connectivity index (χ3v) is 4.10. The number of hydrogen-bond acceptors (Lipinski definition) is 2. The number of unbranched alkanes of at least 4 members (excludes halogenated alkanes) is 1. The second-order valence-corrected chi connectivity index (χ2v) is 6.31. The van der Waals surface area contributed by atoms with Crippen LogP contribution in [0.3, 0.4) is 0 Å². The maximum atomic E-state index is 3.70. The lowest BCUT2D eigenvalue weighted by Crippen LogP contribution is -2.21. The summed E-state index contributed by atoms with van der Waals surface area (Å²) in [6.45, 7) is 2.32. The average Bonchev–Trinajstić information content (AvgIpc) is 2.70. The summed E-state index contributed by atoms with van der Waals surface area (Å²) in [7, 11) is 4.27. The van der Waals surface area contributed by atoms with Gasteiger partial charge in [-0.25, -0.2) is 0 Å². The smallest absolute Gasteiger partial charge is 0.0326 e. The Labute approximate surface area is 119 Å². The van der Waals surface area contributed by atoms with E-state index in [2.05, 4.69) is 58.4 Å². The van der Waals surface area contributed by atoms with Crippen LogP contribution in [0.5, 0.6) is 0 Å².